The number of amides is 1. The predicted molar refractivity (Wildman–Crippen MR) is 117 cm³/mol. The summed E-state index contributed by atoms with van der Waals surface area (Å²) in [6.45, 7) is 4.23. The van der Waals surface area contributed by atoms with Crippen LogP contribution in [0.25, 0.3) is 0 Å². The highest BCUT2D eigenvalue weighted by Crippen LogP contribution is 2.36. The van der Waals surface area contributed by atoms with Crippen molar-refractivity contribution in [1.82, 2.24) is 0 Å². The molecule has 1 aliphatic rings. The fourth-order valence-corrected chi connectivity index (χ4v) is 3.92. The highest BCUT2D eigenvalue weighted by molar-refractivity contribution is 9.10. The Hall–Kier alpha value is -2.54. The van der Waals surface area contributed by atoms with Crippen LogP contribution >= 0.6 is 15.9 Å². The normalized spacial score (nSPS) is 14.7. The van der Waals surface area contributed by atoms with E-state index in [1.165, 1.54) is 0 Å². The third-order valence-corrected chi connectivity index (χ3v) is 5.85. The van der Waals surface area contributed by atoms with E-state index in [1.807, 2.05) is 18.2 Å². The van der Waals surface area contributed by atoms with E-state index in [4.69, 9.17) is 11.1 Å². The van der Waals surface area contributed by atoms with Gasteiger partial charge in [0.15, 0.2) is 5.75 Å². The number of carbonyl (C=O) groups excluding carboxylic acids is 1. The van der Waals surface area contributed by atoms with Crippen LogP contribution in [-0.4, -0.2) is 36.4 Å². The minimum Gasteiger partial charge on any atom is -0.505 e. The Bertz CT molecular complexity index is 892. The SMILES string of the molecule is CC(=N)c1ccc(C(N)=O)cc1NCC1CCN(c2cccc(Br)c2O)CC1. The maximum absolute atomic E-state index is 11.5. The van der Waals surface area contributed by atoms with Crippen molar-refractivity contribution in [3.05, 3.63) is 52.0 Å². The zero-order valence-corrected chi connectivity index (χ0v) is 17.4. The van der Waals surface area contributed by atoms with Gasteiger partial charge in [0.2, 0.25) is 5.91 Å². The molecule has 1 saturated heterocycles. The molecule has 6 nitrogen and oxygen atoms in total. The summed E-state index contributed by atoms with van der Waals surface area (Å²) in [5, 5.41) is 21.6. The van der Waals surface area contributed by atoms with Gasteiger partial charge in [0, 0.05) is 42.2 Å². The molecule has 2 aromatic carbocycles. The smallest absolute Gasteiger partial charge is 0.248 e. The van der Waals surface area contributed by atoms with Gasteiger partial charge in [-0.15, -0.1) is 0 Å². The number of rotatable bonds is 6. The molecule has 0 bridgehead atoms. The van der Waals surface area contributed by atoms with E-state index in [0.29, 0.717) is 21.7 Å². The number of piperidine rings is 1. The Morgan fingerprint density at radius 3 is 2.68 bits per heavy atom. The molecule has 1 aliphatic heterocycles. The maximum Gasteiger partial charge on any atom is 0.248 e. The van der Waals surface area contributed by atoms with Crippen LogP contribution in [0, 0.1) is 11.3 Å². The molecular formula is C21H25BrN4O2. The Balaban J connectivity index is 1.63. The molecule has 1 amide bonds. The number of nitrogens with one attached hydrogen (secondary N) is 2. The van der Waals surface area contributed by atoms with Crippen molar-refractivity contribution in [2.75, 3.05) is 29.9 Å². The number of phenols is 1. The minimum atomic E-state index is -0.473. The fourth-order valence-electron chi connectivity index (χ4n) is 3.56. The van der Waals surface area contributed by atoms with Gasteiger partial charge in [-0.1, -0.05) is 12.1 Å². The van der Waals surface area contributed by atoms with Crippen molar-refractivity contribution < 1.29 is 9.90 Å². The van der Waals surface area contributed by atoms with Crippen LogP contribution < -0.4 is 16.0 Å². The molecule has 2 aromatic rings. The Morgan fingerprint density at radius 1 is 1.32 bits per heavy atom. The lowest BCUT2D eigenvalue weighted by molar-refractivity contribution is 0.100. The second-order valence-corrected chi connectivity index (χ2v) is 8.02. The Morgan fingerprint density at radius 2 is 2.04 bits per heavy atom. The van der Waals surface area contributed by atoms with E-state index in [-0.39, 0.29) is 5.75 Å². The molecule has 0 saturated carbocycles. The van der Waals surface area contributed by atoms with Crippen molar-refractivity contribution in [3.63, 3.8) is 0 Å². The number of hydrogen-bond acceptors (Lipinski definition) is 5. The molecule has 1 heterocycles. The average molecular weight is 445 g/mol. The summed E-state index contributed by atoms with van der Waals surface area (Å²) in [7, 11) is 0. The van der Waals surface area contributed by atoms with Gasteiger partial charge in [-0.3, -0.25) is 4.79 Å². The summed E-state index contributed by atoms with van der Waals surface area (Å²) in [6.07, 6.45) is 1.99. The molecule has 0 aromatic heterocycles. The first-order valence-corrected chi connectivity index (χ1v) is 10.1. The van der Waals surface area contributed by atoms with Crippen molar-refractivity contribution in [3.8, 4) is 5.75 Å². The summed E-state index contributed by atoms with van der Waals surface area (Å²) in [5.41, 5.74) is 8.68. The van der Waals surface area contributed by atoms with Crippen LogP contribution in [0.4, 0.5) is 11.4 Å². The summed E-state index contributed by atoms with van der Waals surface area (Å²) < 4.78 is 0.706. The molecule has 5 N–H and O–H groups in total. The standard InChI is InChI=1S/C21H25BrN4O2/c1-13(23)16-6-5-15(21(24)28)11-18(16)25-12-14-7-9-26(10-8-14)19-4-2-3-17(22)20(19)27/h2-6,11,14,23,25,27H,7-10,12H2,1H3,(H2,24,28). The molecule has 0 aliphatic carbocycles. The third-order valence-electron chi connectivity index (χ3n) is 5.21. The number of hydrogen-bond donors (Lipinski definition) is 4. The van der Waals surface area contributed by atoms with Gasteiger partial charge in [-0.05, 0) is 65.9 Å². The number of phenolic OH excluding ortho intramolecular Hbond substituents is 1. The monoisotopic (exact) mass is 444 g/mol. The van der Waals surface area contributed by atoms with E-state index in [9.17, 15) is 9.90 Å². The van der Waals surface area contributed by atoms with Crippen molar-refractivity contribution in [1.29, 1.82) is 5.41 Å². The molecule has 3 rings (SSSR count). The van der Waals surface area contributed by atoms with Crippen molar-refractivity contribution in [2.24, 2.45) is 11.7 Å². The van der Waals surface area contributed by atoms with E-state index in [0.717, 1.165) is 49.4 Å². The number of primary amides is 1. The third kappa shape index (κ3) is 4.47. The second-order valence-electron chi connectivity index (χ2n) is 7.17. The molecule has 0 unspecified atom stereocenters. The van der Waals surface area contributed by atoms with E-state index in [1.54, 1.807) is 25.1 Å². The first kappa shape index (κ1) is 20.2. The molecular weight excluding hydrogens is 420 g/mol. The molecule has 0 atom stereocenters. The van der Waals surface area contributed by atoms with Crippen molar-refractivity contribution >= 4 is 38.9 Å². The molecule has 0 spiro atoms. The first-order chi connectivity index (χ1) is 13.4. The van der Waals surface area contributed by atoms with Gasteiger partial charge in [-0.25, -0.2) is 0 Å². The van der Waals surface area contributed by atoms with Crippen LogP contribution in [-0.2, 0) is 0 Å². The molecule has 1 fully saturated rings. The van der Waals surface area contributed by atoms with Gasteiger partial charge in [0.25, 0.3) is 0 Å². The zero-order valence-electron chi connectivity index (χ0n) is 15.8. The Labute approximate surface area is 173 Å². The number of anilines is 2. The maximum atomic E-state index is 11.5. The fraction of sp³-hybridized carbons (Fsp3) is 0.333. The number of nitrogens with two attached hydrogens (primary N) is 1. The summed E-state index contributed by atoms with van der Waals surface area (Å²) in [6, 6.07) is 10.9. The van der Waals surface area contributed by atoms with E-state index in [2.05, 4.69) is 26.1 Å². The van der Waals surface area contributed by atoms with Gasteiger partial charge in [0.05, 0.1) is 10.2 Å². The zero-order chi connectivity index (χ0) is 20.3. The van der Waals surface area contributed by atoms with Crippen LogP contribution in [0.5, 0.6) is 5.75 Å². The van der Waals surface area contributed by atoms with E-state index < -0.39 is 5.91 Å². The van der Waals surface area contributed by atoms with Gasteiger partial charge in [-0.2, -0.15) is 0 Å². The molecule has 0 radical (unpaired) electrons. The predicted octanol–water partition coefficient (Wildman–Crippen LogP) is 3.97. The first-order valence-electron chi connectivity index (χ1n) is 9.32. The lowest BCUT2D eigenvalue weighted by atomic mass is 9.95. The number of aromatic hydroxyl groups is 1. The van der Waals surface area contributed by atoms with Crippen LogP contribution in [0.2, 0.25) is 0 Å². The van der Waals surface area contributed by atoms with Gasteiger partial charge < -0.3 is 26.5 Å². The van der Waals surface area contributed by atoms with Crippen LogP contribution in [0.3, 0.4) is 0 Å². The lowest BCUT2D eigenvalue weighted by Crippen LogP contribution is -2.36. The highest BCUT2D eigenvalue weighted by atomic mass is 79.9. The lowest BCUT2D eigenvalue weighted by Gasteiger charge is -2.34. The summed E-state index contributed by atoms with van der Waals surface area (Å²) in [4.78, 5) is 13.7. The number of carbonyl (C=O) groups is 1. The number of halogens is 1. The quantitative estimate of drug-likeness (QED) is 0.506. The van der Waals surface area contributed by atoms with E-state index >= 15 is 0 Å². The highest BCUT2D eigenvalue weighted by Gasteiger charge is 2.22. The Kier molecular flexibility index (Phi) is 6.24. The van der Waals surface area contributed by atoms with Crippen LogP contribution in [0.15, 0.2) is 40.9 Å². The number of para-hydroxylation sites is 1. The molecule has 148 valence electrons. The summed E-state index contributed by atoms with van der Waals surface area (Å²) >= 11 is 3.37. The van der Waals surface area contributed by atoms with Crippen LogP contribution in [0.1, 0.15) is 35.7 Å². The molecule has 28 heavy (non-hydrogen) atoms. The molecule has 7 heteroatoms. The second kappa shape index (κ2) is 8.65. The van der Waals surface area contributed by atoms with Gasteiger partial charge >= 0.3 is 0 Å². The largest absolute Gasteiger partial charge is 0.505 e. The summed E-state index contributed by atoms with van der Waals surface area (Å²) in [5.74, 6) is 0.287. The number of nitrogens with zero attached hydrogens (tertiary/aromatic N) is 1. The average Bonchev–Trinajstić information content (AvgIpc) is 2.68. The minimum absolute atomic E-state index is 0.286. The number of benzene rings is 2. The topological polar surface area (TPSA) is 102 Å². The van der Waals surface area contributed by atoms with Gasteiger partial charge in [0.1, 0.15) is 0 Å². The van der Waals surface area contributed by atoms with Crippen molar-refractivity contribution in [2.45, 2.75) is 19.8 Å².